The van der Waals surface area contributed by atoms with Gasteiger partial charge in [-0.05, 0) is 34.7 Å². The minimum absolute atomic E-state index is 0.397. The largest absolute Gasteiger partial charge is 0.386 e. The van der Waals surface area contributed by atoms with Crippen molar-refractivity contribution >= 4 is 15.9 Å². The number of aromatic nitrogens is 3. The zero-order valence-corrected chi connectivity index (χ0v) is 9.03. The van der Waals surface area contributed by atoms with Gasteiger partial charge in [0, 0.05) is 7.05 Å². The normalized spacial score (nSPS) is 19.9. The maximum absolute atomic E-state index is 9.96. The molecule has 1 saturated carbocycles. The molecule has 1 heterocycles. The molecule has 0 aromatic carbocycles. The molecule has 72 valence electrons. The SMILES string of the molecule is Cn1nnc(Br)c1C(O)C1CCC1. The summed E-state index contributed by atoms with van der Waals surface area (Å²) in [5.74, 6) is 0.397. The first-order valence-corrected chi connectivity index (χ1v) is 5.22. The lowest BCUT2D eigenvalue weighted by Gasteiger charge is -2.30. The Morgan fingerprint density at radius 1 is 1.62 bits per heavy atom. The summed E-state index contributed by atoms with van der Waals surface area (Å²) >= 11 is 3.28. The Bertz CT molecular complexity index is 289. The van der Waals surface area contributed by atoms with Crippen molar-refractivity contribution in [3.63, 3.8) is 0 Å². The summed E-state index contributed by atoms with van der Waals surface area (Å²) in [5.41, 5.74) is 0.796. The van der Waals surface area contributed by atoms with Crippen LogP contribution in [0.4, 0.5) is 0 Å². The Morgan fingerprint density at radius 2 is 2.31 bits per heavy atom. The minimum Gasteiger partial charge on any atom is -0.386 e. The Morgan fingerprint density at radius 3 is 2.69 bits per heavy atom. The molecule has 0 amide bonds. The van der Waals surface area contributed by atoms with E-state index in [0.29, 0.717) is 10.5 Å². The van der Waals surface area contributed by atoms with E-state index in [1.807, 2.05) is 0 Å². The second-order valence-electron chi connectivity index (χ2n) is 3.52. The lowest BCUT2D eigenvalue weighted by molar-refractivity contribution is 0.0550. The van der Waals surface area contributed by atoms with Crippen LogP contribution in [0.1, 0.15) is 31.1 Å². The third kappa shape index (κ3) is 1.50. The van der Waals surface area contributed by atoms with E-state index in [0.717, 1.165) is 18.5 Å². The maximum Gasteiger partial charge on any atom is 0.154 e. The van der Waals surface area contributed by atoms with Crippen LogP contribution in [-0.2, 0) is 7.05 Å². The van der Waals surface area contributed by atoms with Crippen molar-refractivity contribution in [2.24, 2.45) is 13.0 Å². The van der Waals surface area contributed by atoms with Crippen LogP contribution >= 0.6 is 15.9 Å². The molecule has 1 aliphatic rings. The Hall–Kier alpha value is -0.420. The van der Waals surface area contributed by atoms with E-state index < -0.39 is 6.10 Å². The van der Waals surface area contributed by atoms with Crippen molar-refractivity contribution in [2.75, 3.05) is 0 Å². The number of aliphatic hydroxyl groups excluding tert-OH is 1. The molecule has 4 nitrogen and oxygen atoms in total. The van der Waals surface area contributed by atoms with Crippen molar-refractivity contribution in [2.45, 2.75) is 25.4 Å². The summed E-state index contributed by atoms with van der Waals surface area (Å²) in [6, 6.07) is 0. The molecule has 0 bridgehead atoms. The molecule has 0 aliphatic heterocycles. The highest BCUT2D eigenvalue weighted by atomic mass is 79.9. The van der Waals surface area contributed by atoms with Gasteiger partial charge < -0.3 is 5.11 Å². The molecule has 2 rings (SSSR count). The summed E-state index contributed by atoms with van der Waals surface area (Å²) in [6.07, 6.45) is 3.03. The van der Waals surface area contributed by atoms with Crippen LogP contribution in [-0.4, -0.2) is 20.1 Å². The van der Waals surface area contributed by atoms with E-state index in [9.17, 15) is 5.11 Å². The summed E-state index contributed by atoms with van der Waals surface area (Å²) in [6.45, 7) is 0. The van der Waals surface area contributed by atoms with E-state index in [-0.39, 0.29) is 0 Å². The number of halogens is 1. The Balaban J connectivity index is 2.22. The summed E-state index contributed by atoms with van der Waals surface area (Å²) in [5, 5.41) is 17.6. The van der Waals surface area contributed by atoms with Gasteiger partial charge in [-0.2, -0.15) is 0 Å². The molecule has 1 atom stereocenters. The van der Waals surface area contributed by atoms with Crippen LogP contribution in [0.2, 0.25) is 0 Å². The number of rotatable bonds is 2. The molecule has 5 heteroatoms. The molecule has 1 aromatic rings. The van der Waals surface area contributed by atoms with Crippen molar-refractivity contribution in [3.05, 3.63) is 10.3 Å². The lowest BCUT2D eigenvalue weighted by Crippen LogP contribution is -2.22. The van der Waals surface area contributed by atoms with E-state index in [1.54, 1.807) is 11.7 Å². The Labute approximate surface area is 85.1 Å². The maximum atomic E-state index is 9.96. The quantitative estimate of drug-likeness (QED) is 0.858. The lowest BCUT2D eigenvalue weighted by atomic mass is 9.80. The van der Waals surface area contributed by atoms with Crippen molar-refractivity contribution in [1.29, 1.82) is 0 Å². The average Bonchev–Trinajstić information content (AvgIpc) is 2.27. The van der Waals surface area contributed by atoms with Crippen LogP contribution in [0.25, 0.3) is 0 Å². The molecule has 1 aliphatic carbocycles. The standard InChI is InChI=1S/C8H12BrN3O/c1-12-6(8(9)10-11-12)7(13)5-3-2-4-5/h5,7,13H,2-4H2,1H3. The molecule has 0 radical (unpaired) electrons. The zero-order valence-electron chi connectivity index (χ0n) is 7.44. The van der Waals surface area contributed by atoms with Crippen molar-refractivity contribution in [3.8, 4) is 0 Å². The predicted molar refractivity (Wildman–Crippen MR) is 51.0 cm³/mol. The Kier molecular flexibility index (Phi) is 2.38. The van der Waals surface area contributed by atoms with E-state index >= 15 is 0 Å². The summed E-state index contributed by atoms with van der Waals surface area (Å²) < 4.78 is 2.29. The summed E-state index contributed by atoms with van der Waals surface area (Å²) in [4.78, 5) is 0. The van der Waals surface area contributed by atoms with Gasteiger partial charge in [0.2, 0.25) is 0 Å². The number of hydrogen-bond donors (Lipinski definition) is 1. The van der Waals surface area contributed by atoms with Gasteiger partial charge in [-0.15, -0.1) is 5.10 Å². The first-order chi connectivity index (χ1) is 6.20. The monoisotopic (exact) mass is 245 g/mol. The molecule has 1 unspecified atom stereocenters. The average molecular weight is 246 g/mol. The number of hydrogen-bond acceptors (Lipinski definition) is 3. The molecule has 1 aromatic heterocycles. The van der Waals surface area contributed by atoms with Gasteiger partial charge in [0.15, 0.2) is 4.60 Å². The van der Waals surface area contributed by atoms with Gasteiger partial charge in [0.05, 0.1) is 0 Å². The van der Waals surface area contributed by atoms with Crippen molar-refractivity contribution < 1.29 is 5.11 Å². The van der Waals surface area contributed by atoms with Gasteiger partial charge in [-0.1, -0.05) is 11.6 Å². The van der Waals surface area contributed by atoms with Crippen LogP contribution in [0.15, 0.2) is 4.60 Å². The third-order valence-electron chi connectivity index (χ3n) is 2.70. The van der Waals surface area contributed by atoms with Gasteiger partial charge in [0.1, 0.15) is 11.8 Å². The van der Waals surface area contributed by atoms with Gasteiger partial charge >= 0.3 is 0 Å². The number of aliphatic hydroxyl groups is 1. The van der Waals surface area contributed by atoms with E-state index in [2.05, 4.69) is 26.2 Å². The number of nitrogens with zero attached hydrogens (tertiary/aromatic N) is 3. The second-order valence-corrected chi connectivity index (χ2v) is 4.28. The molecular weight excluding hydrogens is 234 g/mol. The van der Waals surface area contributed by atoms with Crippen LogP contribution in [0.5, 0.6) is 0 Å². The van der Waals surface area contributed by atoms with Gasteiger partial charge in [-0.3, -0.25) is 0 Å². The van der Waals surface area contributed by atoms with E-state index in [1.165, 1.54) is 6.42 Å². The molecule has 0 saturated heterocycles. The van der Waals surface area contributed by atoms with Gasteiger partial charge in [-0.25, -0.2) is 4.68 Å². The van der Waals surface area contributed by atoms with E-state index in [4.69, 9.17) is 0 Å². The van der Waals surface area contributed by atoms with Crippen molar-refractivity contribution in [1.82, 2.24) is 15.0 Å². The zero-order chi connectivity index (χ0) is 9.42. The fourth-order valence-electron chi connectivity index (χ4n) is 1.63. The highest BCUT2D eigenvalue weighted by Crippen LogP contribution is 2.38. The van der Waals surface area contributed by atoms with Crippen LogP contribution in [0.3, 0.4) is 0 Å². The van der Waals surface area contributed by atoms with Crippen LogP contribution in [0, 0.1) is 5.92 Å². The molecular formula is C8H12BrN3O. The second kappa shape index (κ2) is 3.38. The first kappa shape index (κ1) is 9.15. The molecule has 1 N–H and O–H groups in total. The molecule has 0 spiro atoms. The highest BCUT2D eigenvalue weighted by molar-refractivity contribution is 9.10. The van der Waals surface area contributed by atoms with Crippen LogP contribution < -0.4 is 0 Å². The molecule has 1 fully saturated rings. The fraction of sp³-hybridized carbons (Fsp3) is 0.750. The predicted octanol–water partition coefficient (Wildman–Crippen LogP) is 1.41. The topological polar surface area (TPSA) is 50.9 Å². The van der Waals surface area contributed by atoms with Gasteiger partial charge in [0.25, 0.3) is 0 Å². The first-order valence-electron chi connectivity index (χ1n) is 4.43. The molecule has 13 heavy (non-hydrogen) atoms. The highest BCUT2D eigenvalue weighted by Gasteiger charge is 2.30. The smallest absolute Gasteiger partial charge is 0.154 e. The fourth-order valence-corrected chi connectivity index (χ4v) is 2.19. The summed E-state index contributed by atoms with van der Waals surface area (Å²) in [7, 11) is 1.80. The third-order valence-corrected chi connectivity index (χ3v) is 3.27. The number of aryl methyl sites for hydroxylation is 1. The minimum atomic E-state index is -0.414.